The number of aromatic nitrogens is 1. The Morgan fingerprint density at radius 1 is 1.13 bits per heavy atom. The zero-order valence-electron chi connectivity index (χ0n) is 22.1. The fraction of sp³-hybridized carbons (Fsp3) is 0.300. The smallest absolute Gasteiger partial charge is 0.254 e. The monoisotopic (exact) mass is 526 g/mol. The van der Waals surface area contributed by atoms with Gasteiger partial charge in [-0.1, -0.05) is 36.4 Å². The van der Waals surface area contributed by atoms with Gasteiger partial charge in [-0.3, -0.25) is 19.2 Å². The van der Waals surface area contributed by atoms with Crippen LogP contribution in [-0.2, 0) is 43.9 Å². The van der Waals surface area contributed by atoms with E-state index in [2.05, 4.69) is 15.6 Å². The molecule has 2 heterocycles. The highest BCUT2D eigenvalue weighted by Gasteiger charge is 2.51. The number of benzene rings is 2. The maximum atomic E-state index is 13.3. The molecule has 39 heavy (non-hydrogen) atoms. The van der Waals surface area contributed by atoms with Gasteiger partial charge in [0.05, 0.1) is 5.41 Å². The zero-order valence-corrected chi connectivity index (χ0v) is 22.1. The number of aldehydes is 1. The third kappa shape index (κ3) is 4.81. The predicted octanol–water partition coefficient (Wildman–Crippen LogP) is 3.28. The Balaban J connectivity index is 1.34. The number of anilines is 2. The summed E-state index contributed by atoms with van der Waals surface area (Å²) in [6.07, 6.45) is 3.46. The van der Waals surface area contributed by atoms with E-state index in [4.69, 9.17) is 4.74 Å². The summed E-state index contributed by atoms with van der Waals surface area (Å²) in [6.45, 7) is 3.11. The molecule has 3 amide bonds. The highest BCUT2D eigenvalue weighted by molar-refractivity contribution is 6.06. The molecule has 3 aromatic rings. The number of hydrogen-bond acceptors (Lipinski definition) is 6. The van der Waals surface area contributed by atoms with Crippen molar-refractivity contribution in [3.63, 3.8) is 0 Å². The number of nitrogens with zero attached hydrogens (tertiary/aromatic N) is 2. The van der Waals surface area contributed by atoms with Crippen LogP contribution >= 0.6 is 0 Å². The van der Waals surface area contributed by atoms with E-state index in [0.29, 0.717) is 35.5 Å². The van der Waals surface area contributed by atoms with Crippen molar-refractivity contribution in [3.05, 3.63) is 88.6 Å². The Morgan fingerprint density at radius 3 is 2.67 bits per heavy atom. The molecule has 1 aromatic heterocycles. The highest BCUT2D eigenvalue weighted by Crippen LogP contribution is 2.46. The number of pyridine rings is 1. The van der Waals surface area contributed by atoms with Crippen molar-refractivity contribution in [1.29, 1.82) is 0 Å². The summed E-state index contributed by atoms with van der Waals surface area (Å²) >= 11 is 0. The number of nitrogens with one attached hydrogen (secondary N) is 2. The highest BCUT2D eigenvalue weighted by atomic mass is 16.5. The molecule has 1 unspecified atom stereocenters. The second kappa shape index (κ2) is 10.1. The lowest BCUT2D eigenvalue weighted by Crippen LogP contribution is -2.48. The van der Waals surface area contributed by atoms with E-state index >= 15 is 0 Å². The van der Waals surface area contributed by atoms with E-state index in [0.717, 1.165) is 23.0 Å². The molecule has 0 saturated heterocycles. The molecule has 0 bridgehead atoms. The molecule has 1 spiro atoms. The number of hydrogen-bond donors (Lipinski definition) is 2. The first-order chi connectivity index (χ1) is 18.7. The van der Waals surface area contributed by atoms with Gasteiger partial charge in [-0.15, -0.1) is 0 Å². The first kappa shape index (κ1) is 26.2. The molecule has 1 aliphatic heterocycles. The molecular weight excluding hydrogens is 496 g/mol. The minimum absolute atomic E-state index is 0.0662. The lowest BCUT2D eigenvalue weighted by molar-refractivity contribution is -0.153. The fourth-order valence-corrected chi connectivity index (χ4v) is 5.39. The molecule has 1 aliphatic carbocycles. The van der Waals surface area contributed by atoms with Crippen LogP contribution in [0.15, 0.2) is 60.8 Å². The van der Waals surface area contributed by atoms with E-state index in [1.807, 2.05) is 24.3 Å². The van der Waals surface area contributed by atoms with Crippen LogP contribution in [0.25, 0.3) is 0 Å². The molecule has 200 valence electrons. The molecular formula is C30H30N4O5. The summed E-state index contributed by atoms with van der Waals surface area (Å²) in [5.41, 5.74) is 2.71. The van der Waals surface area contributed by atoms with Gasteiger partial charge in [-0.2, -0.15) is 0 Å². The SMILES string of the molecule is COC(C)(C)C(=O)N(CC(=O)Nc1ccc2c(c1)CC1(C2)C(=O)Nc2ncccc21)Cc1ccccc1C=O. The fourth-order valence-electron chi connectivity index (χ4n) is 5.39. The van der Waals surface area contributed by atoms with Crippen molar-refractivity contribution < 1.29 is 23.9 Å². The van der Waals surface area contributed by atoms with E-state index < -0.39 is 11.0 Å². The average molecular weight is 527 g/mol. The van der Waals surface area contributed by atoms with Crippen LogP contribution < -0.4 is 10.6 Å². The summed E-state index contributed by atoms with van der Waals surface area (Å²) in [4.78, 5) is 56.7. The Bertz CT molecular complexity index is 1480. The molecule has 0 saturated carbocycles. The third-order valence-corrected chi connectivity index (χ3v) is 7.65. The van der Waals surface area contributed by atoms with E-state index in [1.165, 1.54) is 12.0 Å². The molecule has 9 nitrogen and oxygen atoms in total. The molecule has 1 atom stereocenters. The normalized spacial score (nSPS) is 17.4. The number of fused-ring (bicyclic) bond motifs is 3. The Morgan fingerprint density at radius 2 is 1.90 bits per heavy atom. The topological polar surface area (TPSA) is 118 Å². The molecule has 9 heteroatoms. The van der Waals surface area contributed by atoms with Crippen LogP contribution in [0.5, 0.6) is 0 Å². The molecule has 0 fully saturated rings. The van der Waals surface area contributed by atoms with Crippen LogP contribution in [0.1, 0.15) is 46.5 Å². The minimum Gasteiger partial charge on any atom is -0.369 e. The summed E-state index contributed by atoms with van der Waals surface area (Å²) in [5, 5.41) is 5.79. The van der Waals surface area contributed by atoms with E-state index in [-0.39, 0.29) is 30.8 Å². The predicted molar refractivity (Wildman–Crippen MR) is 145 cm³/mol. The molecule has 2 aliphatic rings. The number of carbonyl (C=O) groups excluding carboxylic acids is 4. The Kier molecular flexibility index (Phi) is 6.78. The van der Waals surface area contributed by atoms with Crippen LogP contribution in [0.3, 0.4) is 0 Å². The summed E-state index contributed by atoms with van der Waals surface area (Å²) in [7, 11) is 1.44. The van der Waals surface area contributed by atoms with Crippen molar-refractivity contribution >= 4 is 35.5 Å². The first-order valence-electron chi connectivity index (χ1n) is 12.7. The number of methoxy groups -OCH3 is 1. The number of rotatable bonds is 8. The quantitative estimate of drug-likeness (QED) is 0.435. The molecule has 2 aromatic carbocycles. The van der Waals surface area contributed by atoms with Gasteiger partial charge in [0.25, 0.3) is 5.91 Å². The third-order valence-electron chi connectivity index (χ3n) is 7.65. The van der Waals surface area contributed by atoms with Crippen molar-refractivity contribution in [1.82, 2.24) is 9.88 Å². The van der Waals surface area contributed by atoms with Gasteiger partial charge in [-0.05, 0) is 61.6 Å². The van der Waals surface area contributed by atoms with Crippen LogP contribution in [0.4, 0.5) is 11.5 Å². The second-order valence-corrected chi connectivity index (χ2v) is 10.5. The number of amides is 3. The molecule has 5 rings (SSSR count). The van der Waals surface area contributed by atoms with Crippen LogP contribution in [0, 0.1) is 0 Å². The minimum atomic E-state index is -1.16. The summed E-state index contributed by atoms with van der Waals surface area (Å²) in [6, 6.07) is 16.3. The Hall–Kier alpha value is -4.37. The lowest BCUT2D eigenvalue weighted by Gasteiger charge is -2.31. The van der Waals surface area contributed by atoms with Gasteiger partial charge >= 0.3 is 0 Å². The maximum Gasteiger partial charge on any atom is 0.254 e. The van der Waals surface area contributed by atoms with Crippen LogP contribution in [0.2, 0.25) is 0 Å². The average Bonchev–Trinajstić information content (AvgIpc) is 3.44. The summed E-state index contributed by atoms with van der Waals surface area (Å²) in [5.74, 6) is -0.233. The summed E-state index contributed by atoms with van der Waals surface area (Å²) < 4.78 is 5.37. The number of carbonyl (C=O) groups is 4. The first-order valence-corrected chi connectivity index (χ1v) is 12.7. The van der Waals surface area contributed by atoms with E-state index in [1.54, 1.807) is 50.4 Å². The van der Waals surface area contributed by atoms with Gasteiger partial charge in [0.1, 0.15) is 24.2 Å². The zero-order chi connectivity index (χ0) is 27.8. The second-order valence-electron chi connectivity index (χ2n) is 10.5. The van der Waals surface area contributed by atoms with Gasteiger partial charge in [0, 0.05) is 36.7 Å². The van der Waals surface area contributed by atoms with E-state index in [9.17, 15) is 19.2 Å². The van der Waals surface area contributed by atoms with Crippen molar-refractivity contribution in [3.8, 4) is 0 Å². The molecule has 0 radical (unpaired) electrons. The maximum absolute atomic E-state index is 13.3. The van der Waals surface area contributed by atoms with Crippen LogP contribution in [-0.4, -0.2) is 53.1 Å². The number of ether oxygens (including phenoxy) is 1. The molecule has 2 N–H and O–H groups in total. The van der Waals surface area contributed by atoms with Gasteiger partial charge in [0.15, 0.2) is 0 Å². The lowest BCUT2D eigenvalue weighted by atomic mass is 9.79. The van der Waals surface area contributed by atoms with Crippen molar-refractivity contribution in [2.24, 2.45) is 0 Å². The van der Waals surface area contributed by atoms with Crippen molar-refractivity contribution in [2.45, 2.75) is 44.2 Å². The van der Waals surface area contributed by atoms with Gasteiger partial charge in [-0.25, -0.2) is 4.98 Å². The van der Waals surface area contributed by atoms with Crippen molar-refractivity contribution in [2.75, 3.05) is 24.3 Å². The van der Waals surface area contributed by atoms with Gasteiger partial charge < -0.3 is 20.3 Å². The standard InChI is InChI=1S/C30H30N4O5/c1-29(2,39-3)28(38)34(16-20-7-4-5-8-21(20)18-35)17-25(36)32-23-11-10-19-14-30(15-22(19)13-23)24-9-6-12-31-26(24)33-27(30)37/h4-13,18H,14-17H2,1-3H3,(H,32,36)(H,31,33,37). The largest absolute Gasteiger partial charge is 0.369 e. The van der Waals surface area contributed by atoms with Gasteiger partial charge in [0.2, 0.25) is 11.8 Å². The Labute approximate surface area is 226 Å².